The van der Waals surface area contributed by atoms with Gasteiger partial charge in [-0.2, -0.15) is 0 Å². The Morgan fingerprint density at radius 3 is 2.00 bits per heavy atom. The molecule has 0 saturated carbocycles. The maximum Gasteiger partial charge on any atom is 0.0268 e. The van der Waals surface area contributed by atoms with E-state index in [-0.39, 0.29) is 6.04 Å². The molecule has 1 aromatic carbocycles. The number of benzene rings is 1. The molecule has 0 fully saturated rings. The van der Waals surface area contributed by atoms with E-state index in [0.29, 0.717) is 0 Å². The third-order valence-electron chi connectivity index (χ3n) is 2.17. The lowest BCUT2D eigenvalue weighted by atomic mass is 9.98. The molecule has 0 aliphatic carbocycles. The average Bonchev–Trinajstić information content (AvgIpc) is 2.33. The third-order valence-corrected chi connectivity index (χ3v) is 2.17. The molecule has 16 heavy (non-hydrogen) atoms. The first kappa shape index (κ1) is 17.6. The number of nitrogens with two attached hydrogens (primary N) is 1. The Morgan fingerprint density at radius 1 is 1.12 bits per heavy atom. The standard InChI is InChI=1S/C11H17N.2C2H6/c1-4-10-7-8(2)5-6-11(10)9(3)12;2*1-2/h5-7,9H,4,12H2,1-3H3;2*1-2H3. The second-order valence-corrected chi connectivity index (χ2v) is 3.34. The van der Waals surface area contributed by atoms with E-state index in [1.54, 1.807) is 0 Å². The summed E-state index contributed by atoms with van der Waals surface area (Å²) >= 11 is 0. The van der Waals surface area contributed by atoms with Crippen LogP contribution < -0.4 is 5.73 Å². The molecular formula is C15H29N. The lowest BCUT2D eigenvalue weighted by Gasteiger charge is -2.11. The Balaban J connectivity index is 0. The van der Waals surface area contributed by atoms with Gasteiger partial charge in [-0.15, -0.1) is 0 Å². The molecule has 1 nitrogen and oxygen atoms in total. The number of rotatable bonds is 2. The molecule has 0 bridgehead atoms. The van der Waals surface area contributed by atoms with E-state index in [4.69, 9.17) is 5.73 Å². The Bertz CT molecular complexity index is 264. The predicted molar refractivity (Wildman–Crippen MR) is 75.9 cm³/mol. The number of aryl methyl sites for hydroxylation is 2. The van der Waals surface area contributed by atoms with E-state index in [0.717, 1.165) is 6.42 Å². The van der Waals surface area contributed by atoms with Gasteiger partial charge in [0.2, 0.25) is 0 Å². The summed E-state index contributed by atoms with van der Waals surface area (Å²) in [6, 6.07) is 6.63. The lowest BCUT2D eigenvalue weighted by Crippen LogP contribution is -2.08. The lowest BCUT2D eigenvalue weighted by molar-refractivity contribution is 0.800. The monoisotopic (exact) mass is 223 g/mol. The van der Waals surface area contributed by atoms with Gasteiger partial charge in [-0.3, -0.25) is 0 Å². The van der Waals surface area contributed by atoms with Crippen LogP contribution in [-0.2, 0) is 6.42 Å². The highest BCUT2D eigenvalue weighted by molar-refractivity contribution is 5.33. The van der Waals surface area contributed by atoms with Gasteiger partial charge in [0.15, 0.2) is 0 Å². The van der Waals surface area contributed by atoms with Crippen molar-refractivity contribution in [2.45, 2.75) is 60.9 Å². The summed E-state index contributed by atoms with van der Waals surface area (Å²) in [5.74, 6) is 0. The van der Waals surface area contributed by atoms with Crippen molar-refractivity contribution < 1.29 is 0 Å². The Kier molecular flexibility index (Phi) is 11.7. The molecule has 0 heterocycles. The molecule has 1 aromatic rings. The molecule has 1 rings (SSSR count). The highest BCUT2D eigenvalue weighted by Crippen LogP contribution is 2.17. The smallest absolute Gasteiger partial charge is 0.0268 e. The molecule has 0 aliphatic rings. The molecule has 0 radical (unpaired) electrons. The van der Waals surface area contributed by atoms with Crippen LogP contribution in [0.3, 0.4) is 0 Å². The molecule has 1 unspecified atom stereocenters. The topological polar surface area (TPSA) is 26.0 Å². The molecule has 0 saturated heterocycles. The SMILES string of the molecule is CC.CC.CCc1cc(C)ccc1C(C)N. The van der Waals surface area contributed by atoms with Gasteiger partial charge in [-0.1, -0.05) is 58.4 Å². The van der Waals surface area contributed by atoms with Crippen LogP contribution in [0.25, 0.3) is 0 Å². The van der Waals surface area contributed by atoms with Gasteiger partial charge in [0.05, 0.1) is 0 Å². The van der Waals surface area contributed by atoms with Crippen LogP contribution >= 0.6 is 0 Å². The first-order chi connectivity index (χ1) is 7.65. The summed E-state index contributed by atoms with van der Waals surface area (Å²) in [5, 5.41) is 0. The molecule has 0 aliphatic heterocycles. The van der Waals surface area contributed by atoms with Crippen molar-refractivity contribution >= 4 is 0 Å². The van der Waals surface area contributed by atoms with E-state index < -0.39 is 0 Å². The molecule has 2 N–H and O–H groups in total. The largest absolute Gasteiger partial charge is 0.324 e. The summed E-state index contributed by atoms with van der Waals surface area (Å²) in [6.45, 7) is 14.3. The van der Waals surface area contributed by atoms with Gasteiger partial charge in [0.1, 0.15) is 0 Å². The Hall–Kier alpha value is -0.820. The van der Waals surface area contributed by atoms with E-state index in [2.05, 4.69) is 32.0 Å². The van der Waals surface area contributed by atoms with Gasteiger partial charge in [-0.25, -0.2) is 0 Å². The van der Waals surface area contributed by atoms with E-state index in [1.165, 1.54) is 16.7 Å². The second kappa shape index (κ2) is 10.7. The summed E-state index contributed by atoms with van der Waals surface area (Å²) in [4.78, 5) is 0. The van der Waals surface area contributed by atoms with Crippen LogP contribution in [0.2, 0.25) is 0 Å². The van der Waals surface area contributed by atoms with E-state index in [9.17, 15) is 0 Å². The van der Waals surface area contributed by atoms with Crippen LogP contribution in [0.4, 0.5) is 0 Å². The minimum atomic E-state index is 0.153. The van der Waals surface area contributed by atoms with Crippen LogP contribution in [0.1, 0.15) is 64.3 Å². The van der Waals surface area contributed by atoms with Gasteiger partial charge >= 0.3 is 0 Å². The van der Waals surface area contributed by atoms with E-state index in [1.807, 2.05) is 34.6 Å². The molecule has 0 amide bonds. The van der Waals surface area contributed by atoms with Crippen molar-refractivity contribution in [1.29, 1.82) is 0 Å². The highest BCUT2D eigenvalue weighted by Gasteiger charge is 2.04. The maximum atomic E-state index is 5.84. The van der Waals surface area contributed by atoms with Crippen LogP contribution in [0.15, 0.2) is 18.2 Å². The average molecular weight is 223 g/mol. The third kappa shape index (κ3) is 5.92. The maximum absolute atomic E-state index is 5.84. The molecule has 1 heteroatoms. The molecular weight excluding hydrogens is 194 g/mol. The van der Waals surface area contributed by atoms with Gasteiger partial charge in [-0.05, 0) is 31.4 Å². The first-order valence-electron chi connectivity index (χ1n) is 6.50. The second-order valence-electron chi connectivity index (χ2n) is 3.34. The molecule has 1 atom stereocenters. The Labute approximate surface area is 102 Å². The zero-order valence-corrected chi connectivity index (χ0v) is 12.1. The minimum absolute atomic E-state index is 0.153. The summed E-state index contributed by atoms with van der Waals surface area (Å²) < 4.78 is 0. The fraction of sp³-hybridized carbons (Fsp3) is 0.600. The summed E-state index contributed by atoms with van der Waals surface area (Å²) in [6.07, 6.45) is 1.07. The van der Waals surface area contributed by atoms with Gasteiger partial charge in [0.25, 0.3) is 0 Å². The van der Waals surface area contributed by atoms with Crippen LogP contribution in [-0.4, -0.2) is 0 Å². The molecule has 0 spiro atoms. The van der Waals surface area contributed by atoms with Crippen molar-refractivity contribution in [3.05, 3.63) is 34.9 Å². The van der Waals surface area contributed by atoms with Gasteiger partial charge < -0.3 is 5.73 Å². The van der Waals surface area contributed by atoms with Crippen molar-refractivity contribution in [1.82, 2.24) is 0 Å². The zero-order chi connectivity index (χ0) is 13.1. The zero-order valence-electron chi connectivity index (χ0n) is 12.1. The first-order valence-corrected chi connectivity index (χ1v) is 6.50. The van der Waals surface area contributed by atoms with Crippen LogP contribution in [0.5, 0.6) is 0 Å². The Morgan fingerprint density at radius 2 is 1.62 bits per heavy atom. The summed E-state index contributed by atoms with van der Waals surface area (Å²) in [7, 11) is 0. The molecule has 94 valence electrons. The summed E-state index contributed by atoms with van der Waals surface area (Å²) in [5.41, 5.74) is 9.82. The van der Waals surface area contributed by atoms with E-state index >= 15 is 0 Å². The van der Waals surface area contributed by atoms with Crippen molar-refractivity contribution in [3.63, 3.8) is 0 Å². The van der Waals surface area contributed by atoms with Gasteiger partial charge in [0, 0.05) is 6.04 Å². The number of hydrogen-bond donors (Lipinski definition) is 1. The van der Waals surface area contributed by atoms with Crippen molar-refractivity contribution in [2.24, 2.45) is 5.73 Å². The fourth-order valence-electron chi connectivity index (χ4n) is 1.48. The normalized spacial score (nSPS) is 10.5. The number of hydrogen-bond acceptors (Lipinski definition) is 1. The highest BCUT2D eigenvalue weighted by atomic mass is 14.6. The minimum Gasteiger partial charge on any atom is -0.324 e. The fourth-order valence-corrected chi connectivity index (χ4v) is 1.48. The predicted octanol–water partition coefficient (Wildman–Crippen LogP) is 4.63. The van der Waals surface area contributed by atoms with Crippen molar-refractivity contribution in [2.75, 3.05) is 0 Å². The van der Waals surface area contributed by atoms with Crippen molar-refractivity contribution in [3.8, 4) is 0 Å². The van der Waals surface area contributed by atoms with Crippen LogP contribution in [0, 0.1) is 6.92 Å². The molecule has 0 aromatic heterocycles. The quantitative estimate of drug-likeness (QED) is 0.777.